The van der Waals surface area contributed by atoms with Crippen LogP contribution in [-0.2, 0) is 14.9 Å². The monoisotopic (exact) mass is 291 g/mol. The van der Waals surface area contributed by atoms with Gasteiger partial charge >= 0.3 is 5.97 Å². The highest BCUT2D eigenvalue weighted by Gasteiger charge is 2.29. The maximum Gasteiger partial charge on any atom is 0.334 e. The van der Waals surface area contributed by atoms with E-state index < -0.39 is 12.1 Å². The van der Waals surface area contributed by atoms with E-state index in [1.165, 1.54) is 11.1 Å². The average molecular weight is 291 g/mol. The SMILES string of the molecule is C[C@H](c1ccc(C(C)(C)C)cc1)N1CCO[C@H](C(=O)O)C1. The van der Waals surface area contributed by atoms with Crippen LogP contribution in [0.2, 0.25) is 0 Å². The molecule has 21 heavy (non-hydrogen) atoms. The lowest BCUT2D eigenvalue weighted by Gasteiger charge is -2.35. The van der Waals surface area contributed by atoms with Crippen molar-refractivity contribution in [3.05, 3.63) is 35.4 Å². The van der Waals surface area contributed by atoms with E-state index in [2.05, 4.69) is 56.9 Å². The molecule has 0 bridgehead atoms. The third-order valence-corrected chi connectivity index (χ3v) is 4.18. The molecule has 4 heteroatoms. The van der Waals surface area contributed by atoms with Crippen molar-refractivity contribution >= 4 is 5.97 Å². The van der Waals surface area contributed by atoms with Gasteiger partial charge < -0.3 is 9.84 Å². The summed E-state index contributed by atoms with van der Waals surface area (Å²) in [6, 6.07) is 8.83. The number of morpholine rings is 1. The van der Waals surface area contributed by atoms with Gasteiger partial charge in [-0.05, 0) is 23.5 Å². The van der Waals surface area contributed by atoms with E-state index in [4.69, 9.17) is 9.84 Å². The Labute approximate surface area is 126 Å². The Balaban J connectivity index is 2.09. The van der Waals surface area contributed by atoms with Crippen LogP contribution < -0.4 is 0 Å². The largest absolute Gasteiger partial charge is 0.479 e. The number of nitrogens with zero attached hydrogens (tertiary/aromatic N) is 1. The van der Waals surface area contributed by atoms with E-state index in [-0.39, 0.29) is 11.5 Å². The number of carboxylic acids is 1. The molecule has 0 amide bonds. The number of hydrogen-bond donors (Lipinski definition) is 1. The molecule has 0 radical (unpaired) electrons. The fraction of sp³-hybridized carbons (Fsp3) is 0.588. The molecule has 1 fully saturated rings. The van der Waals surface area contributed by atoms with E-state index in [0.717, 1.165) is 6.54 Å². The molecule has 1 heterocycles. The summed E-state index contributed by atoms with van der Waals surface area (Å²) in [6.45, 7) is 10.4. The van der Waals surface area contributed by atoms with Gasteiger partial charge in [0, 0.05) is 19.1 Å². The minimum atomic E-state index is -0.880. The van der Waals surface area contributed by atoms with Crippen LogP contribution in [-0.4, -0.2) is 41.8 Å². The van der Waals surface area contributed by atoms with Crippen molar-refractivity contribution in [2.45, 2.75) is 45.3 Å². The summed E-state index contributed by atoms with van der Waals surface area (Å²) in [6.07, 6.45) is -0.713. The van der Waals surface area contributed by atoms with Crippen LogP contribution in [0.15, 0.2) is 24.3 Å². The predicted molar refractivity (Wildman–Crippen MR) is 82.5 cm³/mol. The van der Waals surface area contributed by atoms with Crippen molar-refractivity contribution in [1.82, 2.24) is 4.90 Å². The molecule has 1 aliphatic heterocycles. The molecule has 1 saturated heterocycles. The van der Waals surface area contributed by atoms with Gasteiger partial charge in [-0.25, -0.2) is 4.79 Å². The summed E-state index contributed by atoms with van der Waals surface area (Å²) in [7, 11) is 0. The quantitative estimate of drug-likeness (QED) is 0.930. The molecule has 0 unspecified atom stereocenters. The Kier molecular flexibility index (Phi) is 4.69. The van der Waals surface area contributed by atoms with Crippen LogP contribution in [0.3, 0.4) is 0 Å². The second kappa shape index (κ2) is 6.16. The summed E-state index contributed by atoms with van der Waals surface area (Å²) in [5.74, 6) is -0.880. The standard InChI is InChI=1S/C17H25NO3/c1-12(18-9-10-21-15(11-18)16(19)20)13-5-7-14(8-6-13)17(2,3)4/h5-8,12,15H,9-11H2,1-4H3,(H,19,20)/t12-,15+/m1/s1. The van der Waals surface area contributed by atoms with Crippen LogP contribution in [0, 0.1) is 0 Å². The van der Waals surface area contributed by atoms with Crippen molar-refractivity contribution in [1.29, 1.82) is 0 Å². The van der Waals surface area contributed by atoms with Crippen LogP contribution in [0.1, 0.15) is 44.9 Å². The molecule has 2 rings (SSSR count). The van der Waals surface area contributed by atoms with E-state index >= 15 is 0 Å². The third-order valence-electron chi connectivity index (χ3n) is 4.18. The first-order valence-electron chi connectivity index (χ1n) is 7.48. The lowest BCUT2D eigenvalue weighted by Crippen LogP contribution is -2.46. The zero-order chi connectivity index (χ0) is 15.6. The molecular formula is C17H25NO3. The molecule has 1 aromatic carbocycles. The van der Waals surface area contributed by atoms with Crippen molar-refractivity contribution in [2.24, 2.45) is 0 Å². The van der Waals surface area contributed by atoms with Crippen molar-refractivity contribution in [2.75, 3.05) is 19.7 Å². The molecule has 0 aliphatic carbocycles. The minimum Gasteiger partial charge on any atom is -0.479 e. The van der Waals surface area contributed by atoms with Gasteiger partial charge in [-0.1, -0.05) is 45.0 Å². The molecule has 116 valence electrons. The van der Waals surface area contributed by atoms with Gasteiger partial charge in [0.1, 0.15) is 0 Å². The first kappa shape index (κ1) is 16.0. The smallest absolute Gasteiger partial charge is 0.334 e. The number of carboxylic acid groups (broad SMARTS) is 1. The Morgan fingerprint density at radius 2 is 1.95 bits per heavy atom. The summed E-state index contributed by atoms with van der Waals surface area (Å²) >= 11 is 0. The number of rotatable bonds is 3. The number of carbonyl (C=O) groups is 1. The summed E-state index contributed by atoms with van der Waals surface area (Å²) in [5.41, 5.74) is 2.67. The average Bonchev–Trinajstić information content (AvgIpc) is 2.46. The summed E-state index contributed by atoms with van der Waals surface area (Å²) in [5, 5.41) is 9.08. The van der Waals surface area contributed by atoms with Crippen molar-refractivity contribution in [3.63, 3.8) is 0 Å². The number of benzene rings is 1. The van der Waals surface area contributed by atoms with Crippen LogP contribution >= 0.6 is 0 Å². The van der Waals surface area contributed by atoms with Gasteiger partial charge in [0.15, 0.2) is 6.10 Å². The first-order valence-corrected chi connectivity index (χ1v) is 7.48. The van der Waals surface area contributed by atoms with Gasteiger partial charge in [-0.3, -0.25) is 4.90 Å². The van der Waals surface area contributed by atoms with E-state index in [0.29, 0.717) is 13.2 Å². The zero-order valence-electron chi connectivity index (χ0n) is 13.3. The molecule has 2 atom stereocenters. The van der Waals surface area contributed by atoms with Gasteiger partial charge in [-0.15, -0.1) is 0 Å². The van der Waals surface area contributed by atoms with E-state index in [9.17, 15) is 4.79 Å². The molecule has 1 aromatic rings. The second-order valence-corrected chi connectivity index (χ2v) is 6.74. The fourth-order valence-electron chi connectivity index (χ4n) is 2.64. The molecule has 1 aliphatic rings. The molecule has 0 aromatic heterocycles. The van der Waals surface area contributed by atoms with Gasteiger partial charge in [0.25, 0.3) is 0 Å². The van der Waals surface area contributed by atoms with Gasteiger partial charge in [0.05, 0.1) is 6.61 Å². The van der Waals surface area contributed by atoms with E-state index in [1.807, 2.05) is 0 Å². The lowest BCUT2D eigenvalue weighted by atomic mass is 9.86. The lowest BCUT2D eigenvalue weighted by molar-refractivity contribution is -0.157. The third kappa shape index (κ3) is 3.83. The predicted octanol–water partition coefficient (Wildman–Crippen LogP) is 2.83. The molecule has 0 saturated carbocycles. The summed E-state index contributed by atoms with van der Waals surface area (Å²) < 4.78 is 5.28. The van der Waals surface area contributed by atoms with E-state index in [1.54, 1.807) is 0 Å². The van der Waals surface area contributed by atoms with Crippen molar-refractivity contribution in [3.8, 4) is 0 Å². The number of ether oxygens (including phenoxy) is 1. The maximum absolute atomic E-state index is 11.1. The Morgan fingerprint density at radius 3 is 2.48 bits per heavy atom. The van der Waals surface area contributed by atoms with Gasteiger partial charge in [0.2, 0.25) is 0 Å². The van der Waals surface area contributed by atoms with Crippen LogP contribution in [0.5, 0.6) is 0 Å². The molecule has 0 spiro atoms. The molecular weight excluding hydrogens is 266 g/mol. The van der Waals surface area contributed by atoms with Crippen LogP contribution in [0.25, 0.3) is 0 Å². The second-order valence-electron chi connectivity index (χ2n) is 6.74. The minimum absolute atomic E-state index is 0.148. The Morgan fingerprint density at radius 1 is 1.33 bits per heavy atom. The normalized spacial score (nSPS) is 22.0. The summed E-state index contributed by atoms with van der Waals surface area (Å²) in [4.78, 5) is 13.2. The number of aliphatic carboxylic acids is 1. The zero-order valence-corrected chi connectivity index (χ0v) is 13.3. The molecule has 1 N–H and O–H groups in total. The van der Waals surface area contributed by atoms with Crippen molar-refractivity contribution < 1.29 is 14.6 Å². The maximum atomic E-state index is 11.1. The Hall–Kier alpha value is -1.39. The molecule has 4 nitrogen and oxygen atoms in total. The Bertz CT molecular complexity index is 490. The fourth-order valence-corrected chi connectivity index (χ4v) is 2.64. The van der Waals surface area contributed by atoms with Crippen LogP contribution in [0.4, 0.5) is 0 Å². The number of hydrogen-bond acceptors (Lipinski definition) is 3. The van der Waals surface area contributed by atoms with Gasteiger partial charge in [-0.2, -0.15) is 0 Å². The first-order chi connectivity index (χ1) is 9.79. The highest BCUT2D eigenvalue weighted by molar-refractivity contribution is 5.72. The highest BCUT2D eigenvalue weighted by atomic mass is 16.5. The topological polar surface area (TPSA) is 49.8 Å². The highest BCUT2D eigenvalue weighted by Crippen LogP contribution is 2.27.